The molecule has 3 aromatic rings. The highest BCUT2D eigenvalue weighted by atomic mass is 31.2. The molecule has 1 heterocycles. The Balaban J connectivity index is 1.85. The molecule has 132 valence electrons. The predicted octanol–water partition coefficient (Wildman–Crippen LogP) is 5.94. The second-order valence-electron chi connectivity index (χ2n) is 7.44. The molecule has 0 bridgehead atoms. The van der Waals surface area contributed by atoms with Gasteiger partial charge in [-0.1, -0.05) is 75.4 Å². The zero-order chi connectivity index (χ0) is 18.4. The lowest BCUT2D eigenvalue weighted by atomic mass is 9.86. The van der Waals surface area contributed by atoms with Gasteiger partial charge in [-0.2, -0.15) is 0 Å². The Hall–Kier alpha value is -2.51. The third kappa shape index (κ3) is 2.83. The van der Waals surface area contributed by atoms with E-state index in [0.717, 1.165) is 16.7 Å². The van der Waals surface area contributed by atoms with Gasteiger partial charge in [0.05, 0.1) is 5.30 Å². The van der Waals surface area contributed by atoms with Crippen molar-refractivity contribution < 1.29 is 13.6 Å². The zero-order valence-corrected chi connectivity index (χ0v) is 16.0. The maximum Gasteiger partial charge on any atom is 0.463 e. The van der Waals surface area contributed by atoms with E-state index in [2.05, 4.69) is 20.8 Å². The fourth-order valence-corrected chi connectivity index (χ4v) is 5.08. The highest BCUT2D eigenvalue weighted by Crippen LogP contribution is 2.55. The quantitative estimate of drug-likeness (QED) is 0.528. The lowest BCUT2D eigenvalue weighted by Crippen LogP contribution is -2.22. The molecule has 4 rings (SSSR count). The minimum absolute atomic E-state index is 0.136. The number of hydrogen-bond acceptors (Lipinski definition) is 3. The lowest BCUT2D eigenvalue weighted by Gasteiger charge is -2.30. The standard InChI is InChI=1S/C22H21O3P/c1-22(2,3)18-12-6-8-14-20(18)25-26(23)21-15-9-5-11-17(21)16-10-4-7-13-19(16)24-26/h4-15H,1-3H3. The molecule has 0 aliphatic carbocycles. The summed E-state index contributed by atoms with van der Waals surface area (Å²) in [5.74, 6) is 1.18. The molecule has 0 spiro atoms. The third-order valence-corrected chi connectivity index (χ3v) is 6.36. The Morgan fingerprint density at radius 1 is 0.808 bits per heavy atom. The van der Waals surface area contributed by atoms with Crippen molar-refractivity contribution in [3.63, 3.8) is 0 Å². The summed E-state index contributed by atoms with van der Waals surface area (Å²) in [5, 5.41) is 0.599. The van der Waals surface area contributed by atoms with E-state index in [1.54, 1.807) is 0 Å². The Labute approximate surface area is 154 Å². The van der Waals surface area contributed by atoms with Gasteiger partial charge >= 0.3 is 7.60 Å². The van der Waals surface area contributed by atoms with Crippen LogP contribution >= 0.6 is 7.60 Å². The van der Waals surface area contributed by atoms with Crippen LogP contribution in [0.15, 0.2) is 72.8 Å². The molecule has 26 heavy (non-hydrogen) atoms. The summed E-state index contributed by atoms with van der Waals surface area (Å²) in [6, 6.07) is 22.9. The molecule has 0 amide bonds. The van der Waals surface area contributed by atoms with Crippen LogP contribution in [-0.2, 0) is 9.98 Å². The van der Waals surface area contributed by atoms with Gasteiger partial charge in [0.2, 0.25) is 0 Å². The summed E-state index contributed by atoms with van der Waals surface area (Å²) in [6.45, 7) is 6.32. The van der Waals surface area contributed by atoms with Crippen LogP contribution in [0.5, 0.6) is 11.5 Å². The van der Waals surface area contributed by atoms with Crippen molar-refractivity contribution in [1.82, 2.24) is 0 Å². The van der Waals surface area contributed by atoms with E-state index in [9.17, 15) is 4.57 Å². The average molecular weight is 364 g/mol. The van der Waals surface area contributed by atoms with E-state index < -0.39 is 7.60 Å². The minimum atomic E-state index is -3.55. The number of benzene rings is 3. The van der Waals surface area contributed by atoms with Crippen molar-refractivity contribution in [3.8, 4) is 22.6 Å². The fourth-order valence-electron chi connectivity index (χ4n) is 3.25. The van der Waals surface area contributed by atoms with Crippen molar-refractivity contribution in [2.45, 2.75) is 26.2 Å². The number of fused-ring (bicyclic) bond motifs is 3. The summed E-state index contributed by atoms with van der Waals surface area (Å²) < 4.78 is 25.9. The molecule has 3 nitrogen and oxygen atoms in total. The molecule has 0 fully saturated rings. The normalized spacial score (nSPS) is 18.4. The van der Waals surface area contributed by atoms with Crippen LogP contribution in [0.2, 0.25) is 0 Å². The molecule has 0 N–H and O–H groups in total. The first-order valence-electron chi connectivity index (χ1n) is 8.66. The van der Waals surface area contributed by atoms with Crippen LogP contribution in [0.3, 0.4) is 0 Å². The monoisotopic (exact) mass is 364 g/mol. The number of para-hydroxylation sites is 2. The van der Waals surface area contributed by atoms with E-state index in [4.69, 9.17) is 9.05 Å². The van der Waals surface area contributed by atoms with E-state index in [-0.39, 0.29) is 5.41 Å². The predicted molar refractivity (Wildman–Crippen MR) is 106 cm³/mol. The molecular formula is C22H21O3P. The molecule has 1 atom stereocenters. The van der Waals surface area contributed by atoms with Crippen LogP contribution < -0.4 is 14.4 Å². The molecule has 4 heteroatoms. The molecule has 0 radical (unpaired) electrons. The van der Waals surface area contributed by atoms with E-state index in [0.29, 0.717) is 16.8 Å². The van der Waals surface area contributed by atoms with Gasteiger partial charge in [-0.3, -0.25) is 0 Å². The van der Waals surface area contributed by atoms with Crippen LogP contribution in [0.4, 0.5) is 0 Å². The molecular weight excluding hydrogens is 343 g/mol. The largest absolute Gasteiger partial charge is 0.463 e. The number of rotatable bonds is 2. The Kier molecular flexibility index (Phi) is 3.93. The molecule has 0 saturated heterocycles. The first-order chi connectivity index (χ1) is 12.4. The van der Waals surface area contributed by atoms with Gasteiger partial charge in [0.1, 0.15) is 11.5 Å². The molecule has 3 aromatic carbocycles. The van der Waals surface area contributed by atoms with Gasteiger partial charge in [-0.05, 0) is 23.6 Å². The maximum atomic E-state index is 13.8. The first kappa shape index (κ1) is 16.9. The van der Waals surface area contributed by atoms with Gasteiger partial charge < -0.3 is 9.05 Å². The van der Waals surface area contributed by atoms with Crippen molar-refractivity contribution in [3.05, 3.63) is 78.4 Å². The highest BCUT2D eigenvalue weighted by Gasteiger charge is 2.39. The summed E-state index contributed by atoms with van der Waals surface area (Å²) in [6.07, 6.45) is 0. The minimum Gasteiger partial charge on any atom is -0.412 e. The topological polar surface area (TPSA) is 35.5 Å². The number of hydrogen-bond donors (Lipinski definition) is 0. The molecule has 1 aliphatic rings. The summed E-state index contributed by atoms with van der Waals surface area (Å²) >= 11 is 0. The van der Waals surface area contributed by atoms with Gasteiger partial charge in [0.25, 0.3) is 0 Å². The molecule has 1 unspecified atom stereocenters. The first-order valence-corrected chi connectivity index (χ1v) is 10.2. The lowest BCUT2D eigenvalue weighted by molar-refractivity contribution is 0.392. The smallest absolute Gasteiger partial charge is 0.412 e. The highest BCUT2D eigenvalue weighted by molar-refractivity contribution is 7.63. The maximum absolute atomic E-state index is 13.8. The van der Waals surface area contributed by atoms with Gasteiger partial charge in [-0.15, -0.1) is 0 Å². The van der Waals surface area contributed by atoms with Gasteiger partial charge in [0.15, 0.2) is 0 Å². The second kappa shape index (κ2) is 6.03. The van der Waals surface area contributed by atoms with Gasteiger partial charge in [0, 0.05) is 16.7 Å². The fraction of sp³-hybridized carbons (Fsp3) is 0.182. The Morgan fingerprint density at radius 2 is 1.42 bits per heavy atom. The van der Waals surface area contributed by atoms with Crippen molar-refractivity contribution in [2.24, 2.45) is 0 Å². The van der Waals surface area contributed by atoms with Crippen molar-refractivity contribution >= 4 is 12.9 Å². The van der Waals surface area contributed by atoms with Gasteiger partial charge in [-0.25, -0.2) is 4.57 Å². The van der Waals surface area contributed by atoms with Crippen molar-refractivity contribution in [2.75, 3.05) is 0 Å². The zero-order valence-electron chi connectivity index (χ0n) is 15.1. The SMILES string of the molecule is CC(C)(C)c1ccccc1OP1(=O)Oc2ccccc2-c2ccccc21. The van der Waals surface area contributed by atoms with E-state index in [1.807, 2.05) is 72.8 Å². The van der Waals surface area contributed by atoms with Crippen LogP contribution in [0.1, 0.15) is 26.3 Å². The summed E-state index contributed by atoms with van der Waals surface area (Å²) in [5.41, 5.74) is 2.69. The third-order valence-electron chi connectivity index (χ3n) is 4.51. The summed E-state index contributed by atoms with van der Waals surface area (Å²) in [4.78, 5) is 0. The summed E-state index contributed by atoms with van der Waals surface area (Å²) in [7, 11) is -3.55. The van der Waals surface area contributed by atoms with Crippen LogP contribution in [0.25, 0.3) is 11.1 Å². The average Bonchev–Trinajstić information content (AvgIpc) is 2.61. The second-order valence-corrected chi connectivity index (χ2v) is 9.28. The van der Waals surface area contributed by atoms with Crippen LogP contribution in [-0.4, -0.2) is 0 Å². The van der Waals surface area contributed by atoms with E-state index >= 15 is 0 Å². The van der Waals surface area contributed by atoms with Crippen LogP contribution in [0, 0.1) is 0 Å². The van der Waals surface area contributed by atoms with E-state index in [1.165, 1.54) is 0 Å². The molecule has 0 aromatic heterocycles. The van der Waals surface area contributed by atoms with Crippen molar-refractivity contribution in [1.29, 1.82) is 0 Å². The molecule has 0 saturated carbocycles. The molecule has 1 aliphatic heterocycles. The Bertz CT molecular complexity index is 1020. The Morgan fingerprint density at radius 3 is 2.19 bits per heavy atom.